The molecule has 0 saturated heterocycles. The van der Waals surface area contributed by atoms with E-state index in [0.29, 0.717) is 18.0 Å². The molecule has 1 heterocycles. The van der Waals surface area contributed by atoms with Gasteiger partial charge in [0.15, 0.2) is 0 Å². The molecule has 0 aromatic carbocycles. The third-order valence-corrected chi connectivity index (χ3v) is 5.04. The molecule has 130 valence electrons. The lowest BCUT2D eigenvalue weighted by molar-refractivity contribution is -0.130. The lowest BCUT2D eigenvalue weighted by Crippen LogP contribution is -2.42. The van der Waals surface area contributed by atoms with Gasteiger partial charge in [0.1, 0.15) is 0 Å². The van der Waals surface area contributed by atoms with Crippen LogP contribution in [0.4, 0.5) is 5.88 Å². The highest BCUT2D eigenvalue weighted by Gasteiger charge is 2.38. The van der Waals surface area contributed by atoms with E-state index >= 15 is 0 Å². The molecule has 1 aromatic heterocycles. The number of aliphatic hydroxyl groups excluding tert-OH is 2. The molecule has 1 fully saturated rings. The molecule has 1 aliphatic carbocycles. The Morgan fingerprint density at radius 1 is 1.43 bits per heavy atom. The van der Waals surface area contributed by atoms with Gasteiger partial charge in [-0.2, -0.15) is 0 Å². The van der Waals surface area contributed by atoms with Crippen molar-refractivity contribution in [1.82, 2.24) is 5.16 Å². The fourth-order valence-corrected chi connectivity index (χ4v) is 2.50. The number of anilines is 1. The van der Waals surface area contributed by atoms with Crippen LogP contribution in [0.5, 0.6) is 0 Å². The Morgan fingerprint density at radius 2 is 2.09 bits per heavy atom. The maximum atomic E-state index is 12.5. The zero-order valence-corrected chi connectivity index (χ0v) is 14.4. The van der Waals surface area contributed by atoms with Crippen molar-refractivity contribution in [3.63, 3.8) is 0 Å². The van der Waals surface area contributed by atoms with Crippen LogP contribution in [0.15, 0.2) is 10.6 Å². The smallest absolute Gasteiger partial charge is 0.235 e. The summed E-state index contributed by atoms with van der Waals surface area (Å²) in [5, 5.41) is 26.3. The molecule has 0 spiro atoms. The van der Waals surface area contributed by atoms with E-state index in [1.165, 1.54) is 6.42 Å². The Bertz CT molecular complexity index is 547. The Hall–Kier alpha value is -1.40. The van der Waals surface area contributed by atoms with Crippen molar-refractivity contribution in [2.45, 2.75) is 64.9 Å². The third kappa shape index (κ3) is 3.93. The second-order valence-corrected chi connectivity index (χ2v) is 7.84. The minimum atomic E-state index is -0.908. The summed E-state index contributed by atoms with van der Waals surface area (Å²) >= 11 is 0. The van der Waals surface area contributed by atoms with Crippen LogP contribution < -0.4 is 5.32 Å². The number of aliphatic hydroxyl groups is 2. The van der Waals surface area contributed by atoms with Crippen molar-refractivity contribution < 1.29 is 19.5 Å². The summed E-state index contributed by atoms with van der Waals surface area (Å²) in [6.45, 7) is 7.07. The fraction of sp³-hybridized carbons (Fsp3) is 0.765. The third-order valence-electron chi connectivity index (χ3n) is 5.04. The highest BCUT2D eigenvalue weighted by Crippen LogP contribution is 2.36. The lowest BCUT2D eigenvalue weighted by atomic mass is 9.74. The van der Waals surface area contributed by atoms with Crippen molar-refractivity contribution in [2.24, 2.45) is 11.3 Å². The Labute approximate surface area is 137 Å². The van der Waals surface area contributed by atoms with Crippen LogP contribution in [-0.2, 0) is 10.2 Å². The van der Waals surface area contributed by atoms with Crippen LogP contribution in [0.1, 0.15) is 59.1 Å². The first-order chi connectivity index (χ1) is 10.7. The predicted molar refractivity (Wildman–Crippen MR) is 87.0 cm³/mol. The molecule has 0 aliphatic heterocycles. The first-order valence-corrected chi connectivity index (χ1v) is 8.24. The van der Waals surface area contributed by atoms with Gasteiger partial charge in [-0.05, 0) is 26.2 Å². The van der Waals surface area contributed by atoms with E-state index in [9.17, 15) is 15.0 Å². The van der Waals surface area contributed by atoms with Gasteiger partial charge in [0.05, 0.1) is 23.8 Å². The van der Waals surface area contributed by atoms with Crippen LogP contribution in [0, 0.1) is 11.3 Å². The molecule has 1 unspecified atom stereocenters. The Morgan fingerprint density at radius 3 is 2.61 bits per heavy atom. The number of rotatable bonds is 7. The topological polar surface area (TPSA) is 95.6 Å². The molecule has 6 nitrogen and oxygen atoms in total. The quantitative estimate of drug-likeness (QED) is 0.716. The second kappa shape index (κ2) is 6.61. The summed E-state index contributed by atoms with van der Waals surface area (Å²) in [5.74, 6) is 0.462. The van der Waals surface area contributed by atoms with E-state index in [-0.39, 0.29) is 18.4 Å². The van der Waals surface area contributed by atoms with E-state index in [1.54, 1.807) is 19.9 Å². The van der Waals surface area contributed by atoms with E-state index < -0.39 is 16.9 Å². The van der Waals surface area contributed by atoms with Crippen LogP contribution in [-0.4, -0.2) is 34.0 Å². The molecule has 0 radical (unpaired) electrons. The van der Waals surface area contributed by atoms with Gasteiger partial charge in [-0.1, -0.05) is 38.3 Å². The van der Waals surface area contributed by atoms with Crippen LogP contribution in [0.3, 0.4) is 0 Å². The highest BCUT2D eigenvalue weighted by atomic mass is 16.5. The summed E-state index contributed by atoms with van der Waals surface area (Å²) in [4.78, 5) is 12.5. The van der Waals surface area contributed by atoms with Crippen molar-refractivity contribution in [3.05, 3.63) is 11.8 Å². The Balaban J connectivity index is 1.99. The van der Waals surface area contributed by atoms with Gasteiger partial charge in [-0.15, -0.1) is 0 Å². The number of hydrogen-bond acceptors (Lipinski definition) is 5. The molecule has 23 heavy (non-hydrogen) atoms. The number of hydrogen-bond donors (Lipinski definition) is 3. The minimum Gasteiger partial charge on any atom is -0.395 e. The summed E-state index contributed by atoms with van der Waals surface area (Å²) in [6, 6.07) is 1.61. The fourth-order valence-electron chi connectivity index (χ4n) is 2.50. The van der Waals surface area contributed by atoms with Gasteiger partial charge in [-0.3, -0.25) is 10.1 Å². The van der Waals surface area contributed by atoms with Gasteiger partial charge >= 0.3 is 0 Å². The first kappa shape index (κ1) is 17.9. The van der Waals surface area contributed by atoms with E-state index in [4.69, 9.17) is 4.52 Å². The molecule has 1 saturated carbocycles. The summed E-state index contributed by atoms with van der Waals surface area (Å²) in [5.41, 5.74) is -0.871. The highest BCUT2D eigenvalue weighted by molar-refractivity contribution is 5.94. The molecule has 2 rings (SSSR count). The average Bonchev–Trinajstić information content (AvgIpc) is 2.91. The number of amides is 1. The molecule has 1 aliphatic rings. The zero-order valence-electron chi connectivity index (χ0n) is 14.4. The number of carbonyl (C=O) groups excluding carboxylic acids is 1. The van der Waals surface area contributed by atoms with Gasteiger partial charge < -0.3 is 14.7 Å². The van der Waals surface area contributed by atoms with Gasteiger partial charge in [0.25, 0.3) is 0 Å². The molecule has 1 amide bonds. The molecule has 1 atom stereocenters. The van der Waals surface area contributed by atoms with E-state index in [0.717, 1.165) is 12.8 Å². The minimum absolute atomic E-state index is 0.0709. The van der Waals surface area contributed by atoms with Crippen LogP contribution in [0.2, 0.25) is 0 Å². The molecule has 6 heteroatoms. The van der Waals surface area contributed by atoms with Crippen LogP contribution in [0.25, 0.3) is 0 Å². The van der Waals surface area contributed by atoms with Gasteiger partial charge in [0, 0.05) is 11.5 Å². The SMILES string of the molecule is CC(C)(CO)c1cc(NC(=O)C(C)(C)C(O)CC2CCC2)on1. The molecule has 0 bridgehead atoms. The number of nitrogens with one attached hydrogen (secondary N) is 1. The van der Waals surface area contributed by atoms with Crippen LogP contribution >= 0.6 is 0 Å². The summed E-state index contributed by atoms with van der Waals surface area (Å²) in [7, 11) is 0. The largest absolute Gasteiger partial charge is 0.395 e. The zero-order chi connectivity index (χ0) is 17.3. The maximum absolute atomic E-state index is 12.5. The Kier molecular flexibility index (Phi) is 5.16. The maximum Gasteiger partial charge on any atom is 0.235 e. The standard InChI is InChI=1S/C17H28N2O4/c1-16(2,10-20)12-9-14(23-19-12)18-15(22)17(3,4)13(21)8-11-6-5-7-11/h9,11,13,20-21H,5-8,10H2,1-4H3,(H,18,22). The second-order valence-electron chi connectivity index (χ2n) is 7.84. The van der Waals surface area contributed by atoms with Gasteiger partial charge in [0.2, 0.25) is 11.8 Å². The summed E-state index contributed by atoms with van der Waals surface area (Å²) < 4.78 is 5.14. The average molecular weight is 324 g/mol. The molecule has 3 N–H and O–H groups in total. The van der Waals surface area contributed by atoms with Crippen molar-refractivity contribution >= 4 is 11.8 Å². The number of aromatic nitrogens is 1. The molecular formula is C17H28N2O4. The molecule has 1 aromatic rings. The molecular weight excluding hydrogens is 296 g/mol. The number of carbonyl (C=O) groups is 1. The predicted octanol–water partition coefficient (Wildman–Crippen LogP) is 2.46. The normalized spacial score (nSPS) is 17.7. The van der Waals surface area contributed by atoms with E-state index in [2.05, 4.69) is 10.5 Å². The number of nitrogens with zero attached hydrogens (tertiary/aromatic N) is 1. The van der Waals surface area contributed by atoms with Gasteiger partial charge in [-0.25, -0.2) is 0 Å². The van der Waals surface area contributed by atoms with E-state index in [1.807, 2.05) is 13.8 Å². The van der Waals surface area contributed by atoms with Crippen molar-refractivity contribution in [3.8, 4) is 0 Å². The van der Waals surface area contributed by atoms with Crippen molar-refractivity contribution in [2.75, 3.05) is 11.9 Å². The first-order valence-electron chi connectivity index (χ1n) is 8.24. The summed E-state index contributed by atoms with van der Waals surface area (Å²) in [6.07, 6.45) is 3.45. The monoisotopic (exact) mass is 324 g/mol. The van der Waals surface area contributed by atoms with Crippen molar-refractivity contribution in [1.29, 1.82) is 0 Å². The lowest BCUT2D eigenvalue weighted by Gasteiger charge is -2.34.